The van der Waals surface area contributed by atoms with Crippen LogP contribution in [0.25, 0.3) is 0 Å². The standard InChI is InChI=1S/C16H24O2/c1-12(11-18-2)10-16(17)15-9-4-3-8-14(15)13-6-5-7-13/h3-4,8-9,12-13,16-17H,5-7,10-11H2,1-2H3. The third-order valence-corrected chi connectivity index (χ3v) is 3.98. The van der Waals surface area contributed by atoms with Crippen molar-refractivity contribution in [3.8, 4) is 0 Å². The molecule has 0 amide bonds. The van der Waals surface area contributed by atoms with Crippen LogP contribution in [0.4, 0.5) is 0 Å². The van der Waals surface area contributed by atoms with Gasteiger partial charge in [0.15, 0.2) is 0 Å². The Morgan fingerprint density at radius 2 is 2.06 bits per heavy atom. The molecule has 2 nitrogen and oxygen atoms in total. The largest absolute Gasteiger partial charge is 0.388 e. The van der Waals surface area contributed by atoms with Crippen LogP contribution in [0.2, 0.25) is 0 Å². The third kappa shape index (κ3) is 3.12. The number of ether oxygens (including phenoxy) is 1. The summed E-state index contributed by atoms with van der Waals surface area (Å²) in [4.78, 5) is 0. The van der Waals surface area contributed by atoms with Crippen LogP contribution < -0.4 is 0 Å². The molecule has 0 radical (unpaired) electrons. The first kappa shape index (κ1) is 13.6. The molecule has 1 saturated carbocycles. The lowest BCUT2D eigenvalue weighted by Gasteiger charge is -2.29. The van der Waals surface area contributed by atoms with Crippen LogP contribution in [0.5, 0.6) is 0 Å². The highest BCUT2D eigenvalue weighted by Gasteiger charge is 2.24. The minimum absolute atomic E-state index is 0.355. The quantitative estimate of drug-likeness (QED) is 0.832. The normalized spacial score (nSPS) is 19.3. The number of rotatable bonds is 6. The summed E-state index contributed by atoms with van der Waals surface area (Å²) in [5.74, 6) is 1.06. The highest BCUT2D eigenvalue weighted by Crippen LogP contribution is 2.40. The summed E-state index contributed by atoms with van der Waals surface area (Å²) >= 11 is 0. The lowest BCUT2D eigenvalue weighted by molar-refractivity contribution is 0.101. The minimum Gasteiger partial charge on any atom is -0.388 e. The Balaban J connectivity index is 2.06. The molecule has 100 valence electrons. The molecule has 0 bridgehead atoms. The number of benzene rings is 1. The SMILES string of the molecule is COCC(C)CC(O)c1ccccc1C1CCC1. The Labute approximate surface area is 110 Å². The molecular formula is C16H24O2. The van der Waals surface area contributed by atoms with E-state index in [1.807, 2.05) is 6.07 Å². The third-order valence-electron chi connectivity index (χ3n) is 3.98. The molecule has 18 heavy (non-hydrogen) atoms. The van der Waals surface area contributed by atoms with E-state index in [4.69, 9.17) is 4.74 Å². The van der Waals surface area contributed by atoms with E-state index in [1.54, 1.807) is 7.11 Å². The van der Waals surface area contributed by atoms with Crippen molar-refractivity contribution in [2.75, 3.05) is 13.7 Å². The van der Waals surface area contributed by atoms with Gasteiger partial charge in [0.25, 0.3) is 0 Å². The first-order valence-electron chi connectivity index (χ1n) is 6.98. The summed E-state index contributed by atoms with van der Waals surface area (Å²) in [5, 5.41) is 10.4. The Hall–Kier alpha value is -0.860. The average Bonchev–Trinajstić information content (AvgIpc) is 2.27. The minimum atomic E-state index is -0.355. The molecule has 0 aliphatic heterocycles. The number of aliphatic hydroxyl groups is 1. The molecule has 0 saturated heterocycles. The predicted molar refractivity (Wildman–Crippen MR) is 73.7 cm³/mol. The monoisotopic (exact) mass is 248 g/mol. The molecule has 1 fully saturated rings. The van der Waals surface area contributed by atoms with Gasteiger partial charge in [-0.05, 0) is 42.2 Å². The Morgan fingerprint density at radius 1 is 1.33 bits per heavy atom. The molecule has 1 aliphatic carbocycles. The van der Waals surface area contributed by atoms with E-state index in [0.29, 0.717) is 18.4 Å². The van der Waals surface area contributed by atoms with Crippen LogP contribution in [-0.2, 0) is 4.74 Å². The van der Waals surface area contributed by atoms with E-state index >= 15 is 0 Å². The van der Waals surface area contributed by atoms with Crippen LogP contribution in [0, 0.1) is 5.92 Å². The van der Waals surface area contributed by atoms with Gasteiger partial charge in [0, 0.05) is 13.7 Å². The van der Waals surface area contributed by atoms with Crippen LogP contribution in [0.1, 0.15) is 55.8 Å². The van der Waals surface area contributed by atoms with Crippen LogP contribution in [0.15, 0.2) is 24.3 Å². The van der Waals surface area contributed by atoms with Crippen molar-refractivity contribution in [2.45, 2.75) is 44.6 Å². The van der Waals surface area contributed by atoms with Gasteiger partial charge in [0.2, 0.25) is 0 Å². The summed E-state index contributed by atoms with van der Waals surface area (Å²) in [5.41, 5.74) is 2.49. The molecule has 0 heterocycles. The molecule has 0 spiro atoms. The van der Waals surface area contributed by atoms with Crippen molar-refractivity contribution >= 4 is 0 Å². The summed E-state index contributed by atoms with van der Waals surface area (Å²) in [6.07, 6.45) is 4.30. The van der Waals surface area contributed by atoms with Gasteiger partial charge in [-0.25, -0.2) is 0 Å². The van der Waals surface area contributed by atoms with E-state index < -0.39 is 0 Å². The van der Waals surface area contributed by atoms with Crippen molar-refractivity contribution in [1.29, 1.82) is 0 Å². The molecule has 2 unspecified atom stereocenters. The first-order chi connectivity index (χ1) is 8.72. The smallest absolute Gasteiger partial charge is 0.0796 e. The average molecular weight is 248 g/mol. The van der Waals surface area contributed by atoms with Crippen molar-refractivity contribution in [3.05, 3.63) is 35.4 Å². The second-order valence-corrected chi connectivity index (χ2v) is 5.57. The van der Waals surface area contributed by atoms with Crippen LogP contribution in [-0.4, -0.2) is 18.8 Å². The van der Waals surface area contributed by atoms with Gasteiger partial charge in [0.05, 0.1) is 6.10 Å². The molecule has 2 rings (SSSR count). The molecule has 1 N–H and O–H groups in total. The van der Waals surface area contributed by atoms with Crippen LogP contribution in [0.3, 0.4) is 0 Å². The maximum atomic E-state index is 10.4. The highest BCUT2D eigenvalue weighted by atomic mass is 16.5. The lowest BCUT2D eigenvalue weighted by Crippen LogP contribution is -2.15. The molecule has 1 aliphatic rings. The molecule has 0 aromatic heterocycles. The van der Waals surface area contributed by atoms with Gasteiger partial charge in [-0.3, -0.25) is 0 Å². The summed E-state index contributed by atoms with van der Waals surface area (Å²) in [6, 6.07) is 8.38. The van der Waals surface area contributed by atoms with E-state index in [9.17, 15) is 5.11 Å². The second-order valence-electron chi connectivity index (χ2n) is 5.57. The number of methoxy groups -OCH3 is 1. The lowest BCUT2D eigenvalue weighted by atomic mass is 9.77. The summed E-state index contributed by atoms with van der Waals surface area (Å²) in [6.45, 7) is 2.83. The topological polar surface area (TPSA) is 29.5 Å². The molecular weight excluding hydrogens is 224 g/mol. The van der Waals surface area contributed by atoms with Gasteiger partial charge in [-0.2, -0.15) is 0 Å². The molecule has 2 atom stereocenters. The van der Waals surface area contributed by atoms with Gasteiger partial charge in [-0.1, -0.05) is 37.6 Å². The Kier molecular flexibility index (Phi) is 4.79. The first-order valence-corrected chi connectivity index (χ1v) is 6.98. The second kappa shape index (κ2) is 6.35. The van der Waals surface area contributed by atoms with Crippen molar-refractivity contribution in [1.82, 2.24) is 0 Å². The van der Waals surface area contributed by atoms with Crippen molar-refractivity contribution in [3.63, 3.8) is 0 Å². The van der Waals surface area contributed by atoms with E-state index in [2.05, 4.69) is 25.1 Å². The number of hydrogen-bond acceptors (Lipinski definition) is 2. The molecule has 1 aromatic rings. The fraction of sp³-hybridized carbons (Fsp3) is 0.625. The summed E-state index contributed by atoms with van der Waals surface area (Å²) in [7, 11) is 1.71. The zero-order valence-electron chi connectivity index (χ0n) is 11.4. The fourth-order valence-corrected chi connectivity index (χ4v) is 2.77. The van der Waals surface area contributed by atoms with E-state index in [1.165, 1.54) is 24.8 Å². The Morgan fingerprint density at radius 3 is 2.67 bits per heavy atom. The zero-order chi connectivity index (χ0) is 13.0. The maximum Gasteiger partial charge on any atom is 0.0796 e. The summed E-state index contributed by atoms with van der Waals surface area (Å²) < 4.78 is 5.14. The van der Waals surface area contributed by atoms with Crippen LogP contribution >= 0.6 is 0 Å². The molecule has 2 heteroatoms. The van der Waals surface area contributed by atoms with Gasteiger partial charge < -0.3 is 9.84 Å². The number of hydrogen-bond donors (Lipinski definition) is 1. The van der Waals surface area contributed by atoms with Gasteiger partial charge in [0.1, 0.15) is 0 Å². The fourth-order valence-electron chi connectivity index (χ4n) is 2.77. The zero-order valence-corrected chi connectivity index (χ0v) is 11.4. The van der Waals surface area contributed by atoms with E-state index in [0.717, 1.165) is 12.0 Å². The van der Waals surface area contributed by atoms with Crippen molar-refractivity contribution < 1.29 is 9.84 Å². The molecule has 1 aromatic carbocycles. The number of aliphatic hydroxyl groups excluding tert-OH is 1. The van der Waals surface area contributed by atoms with Crippen molar-refractivity contribution in [2.24, 2.45) is 5.92 Å². The maximum absolute atomic E-state index is 10.4. The van der Waals surface area contributed by atoms with Gasteiger partial charge in [-0.15, -0.1) is 0 Å². The van der Waals surface area contributed by atoms with Gasteiger partial charge >= 0.3 is 0 Å². The highest BCUT2D eigenvalue weighted by molar-refractivity contribution is 5.33. The van der Waals surface area contributed by atoms with E-state index in [-0.39, 0.29) is 6.10 Å². The predicted octanol–water partition coefficient (Wildman–Crippen LogP) is 3.66. The Bertz CT molecular complexity index is 371.